The molecule has 4 nitrogen and oxygen atoms in total. The molecule has 0 saturated carbocycles. The summed E-state index contributed by atoms with van der Waals surface area (Å²) in [6.45, 7) is 7.69. The molecule has 124 valence electrons. The minimum absolute atomic E-state index is 0.243. The molecule has 2 rings (SSSR count). The number of hydrogen-bond acceptors (Lipinski definition) is 3. The Hall–Kier alpha value is -1.85. The van der Waals surface area contributed by atoms with Crippen molar-refractivity contribution in [3.8, 4) is 5.75 Å². The van der Waals surface area contributed by atoms with E-state index in [-0.39, 0.29) is 10.9 Å². The third-order valence-corrected chi connectivity index (χ3v) is 5.44. The van der Waals surface area contributed by atoms with Crippen molar-refractivity contribution in [1.29, 1.82) is 0 Å². The largest absolute Gasteiger partial charge is 0.496 e. The second-order valence-corrected chi connectivity index (χ2v) is 7.55. The summed E-state index contributed by atoms with van der Waals surface area (Å²) in [5, 5.41) is 0. The van der Waals surface area contributed by atoms with Gasteiger partial charge in [-0.2, -0.15) is 0 Å². The number of rotatable bonds is 5. The van der Waals surface area contributed by atoms with Crippen molar-refractivity contribution in [2.45, 2.75) is 38.6 Å². The zero-order valence-corrected chi connectivity index (χ0v) is 15.0. The van der Waals surface area contributed by atoms with Crippen LogP contribution in [0.4, 0.5) is 0 Å². The first-order valence-corrected chi connectivity index (χ1v) is 8.97. The maximum atomic E-state index is 12.6. The molecule has 0 spiro atoms. The summed E-state index contributed by atoms with van der Waals surface area (Å²) in [5.41, 5.74) is 4.00. The number of methoxy groups -OCH3 is 1. The molecule has 0 aliphatic carbocycles. The van der Waals surface area contributed by atoms with Crippen LogP contribution in [0.15, 0.2) is 41.3 Å². The first-order valence-electron chi connectivity index (χ1n) is 7.48. The van der Waals surface area contributed by atoms with Gasteiger partial charge in [-0.1, -0.05) is 23.8 Å². The van der Waals surface area contributed by atoms with E-state index >= 15 is 0 Å². The van der Waals surface area contributed by atoms with Crippen LogP contribution in [0, 0.1) is 20.8 Å². The van der Waals surface area contributed by atoms with Gasteiger partial charge >= 0.3 is 0 Å². The monoisotopic (exact) mass is 333 g/mol. The van der Waals surface area contributed by atoms with Crippen LogP contribution < -0.4 is 9.46 Å². The molecule has 0 aromatic heterocycles. The Labute approximate surface area is 138 Å². The summed E-state index contributed by atoms with van der Waals surface area (Å²) >= 11 is 0. The molecule has 0 bridgehead atoms. The van der Waals surface area contributed by atoms with Gasteiger partial charge in [0.05, 0.1) is 12.0 Å². The van der Waals surface area contributed by atoms with Crippen molar-refractivity contribution in [3.05, 3.63) is 58.7 Å². The predicted octanol–water partition coefficient (Wildman–Crippen LogP) is 3.66. The van der Waals surface area contributed by atoms with Gasteiger partial charge in [0.15, 0.2) is 0 Å². The Balaban J connectivity index is 2.28. The van der Waals surface area contributed by atoms with Crippen molar-refractivity contribution in [2.75, 3.05) is 7.11 Å². The fraction of sp³-hybridized carbons (Fsp3) is 0.333. The summed E-state index contributed by atoms with van der Waals surface area (Å²) in [5.74, 6) is 0.673. The lowest BCUT2D eigenvalue weighted by atomic mass is 10.0. The van der Waals surface area contributed by atoms with Gasteiger partial charge in [0.2, 0.25) is 10.0 Å². The number of ether oxygens (including phenoxy) is 1. The zero-order valence-electron chi connectivity index (χ0n) is 14.2. The maximum Gasteiger partial charge on any atom is 0.241 e. The van der Waals surface area contributed by atoms with Crippen molar-refractivity contribution < 1.29 is 13.2 Å². The molecule has 0 heterocycles. The molecule has 0 aliphatic rings. The molecular weight excluding hydrogens is 310 g/mol. The van der Waals surface area contributed by atoms with Gasteiger partial charge in [-0.15, -0.1) is 0 Å². The van der Waals surface area contributed by atoms with E-state index in [1.54, 1.807) is 25.3 Å². The average Bonchev–Trinajstić information content (AvgIpc) is 2.46. The van der Waals surface area contributed by atoms with Crippen LogP contribution >= 0.6 is 0 Å². The van der Waals surface area contributed by atoms with Crippen LogP contribution in [0.3, 0.4) is 0 Å². The van der Waals surface area contributed by atoms with Gasteiger partial charge in [-0.05, 0) is 62.6 Å². The predicted molar refractivity (Wildman–Crippen MR) is 92.4 cm³/mol. The molecule has 0 radical (unpaired) electrons. The second-order valence-electron chi connectivity index (χ2n) is 5.83. The smallest absolute Gasteiger partial charge is 0.241 e. The molecule has 1 N–H and O–H groups in total. The molecule has 1 atom stereocenters. The minimum Gasteiger partial charge on any atom is -0.496 e. The highest BCUT2D eigenvalue weighted by Gasteiger charge is 2.20. The molecule has 2 aromatic carbocycles. The van der Waals surface area contributed by atoms with E-state index in [2.05, 4.69) is 10.8 Å². The number of nitrogens with one attached hydrogen (secondary N) is 1. The maximum absolute atomic E-state index is 12.6. The van der Waals surface area contributed by atoms with Crippen LogP contribution in [0.5, 0.6) is 5.75 Å². The molecule has 0 aliphatic heterocycles. The van der Waals surface area contributed by atoms with Crippen LogP contribution in [0.1, 0.15) is 35.2 Å². The Morgan fingerprint density at radius 1 is 1.00 bits per heavy atom. The van der Waals surface area contributed by atoms with Crippen LogP contribution in [0.25, 0.3) is 0 Å². The molecule has 0 amide bonds. The molecule has 2 aromatic rings. The first-order chi connectivity index (χ1) is 10.7. The lowest BCUT2D eigenvalue weighted by molar-refractivity contribution is 0.411. The summed E-state index contributed by atoms with van der Waals surface area (Å²) in [6, 6.07) is 10.6. The van der Waals surface area contributed by atoms with E-state index in [9.17, 15) is 8.42 Å². The van der Waals surface area contributed by atoms with Gasteiger partial charge in [0.25, 0.3) is 0 Å². The third-order valence-electron chi connectivity index (χ3n) is 3.90. The highest BCUT2D eigenvalue weighted by Crippen LogP contribution is 2.24. The Bertz CT molecular complexity index is 813. The lowest BCUT2D eigenvalue weighted by Gasteiger charge is -2.18. The summed E-state index contributed by atoms with van der Waals surface area (Å²) in [7, 11) is -2.02. The standard InChI is InChI=1S/C18H23NO3S/c1-12-6-8-17(13(2)10-12)15(4)19-23(20,21)16-7-9-18(22-5)14(3)11-16/h6-11,15,19H,1-5H3/t15-/m1/s1. The first kappa shape index (κ1) is 17.5. The SMILES string of the molecule is COc1ccc(S(=O)(=O)N[C@H](C)c2ccc(C)cc2C)cc1C. The second kappa shape index (κ2) is 6.72. The van der Waals surface area contributed by atoms with Gasteiger partial charge in [-0.3, -0.25) is 0 Å². The number of benzene rings is 2. The fourth-order valence-corrected chi connectivity index (χ4v) is 4.00. The van der Waals surface area contributed by atoms with E-state index in [1.165, 1.54) is 0 Å². The number of aryl methyl sites for hydroxylation is 3. The van der Waals surface area contributed by atoms with Crippen LogP contribution in [-0.2, 0) is 10.0 Å². The highest BCUT2D eigenvalue weighted by atomic mass is 32.2. The highest BCUT2D eigenvalue weighted by molar-refractivity contribution is 7.89. The topological polar surface area (TPSA) is 55.4 Å². The van der Waals surface area contributed by atoms with E-state index in [1.807, 2.05) is 39.8 Å². The summed E-state index contributed by atoms with van der Waals surface area (Å²) in [6.07, 6.45) is 0. The fourth-order valence-electron chi connectivity index (χ4n) is 2.69. The molecule has 0 saturated heterocycles. The van der Waals surface area contributed by atoms with E-state index in [0.29, 0.717) is 5.75 Å². The number of sulfonamides is 1. The van der Waals surface area contributed by atoms with Crippen LogP contribution in [-0.4, -0.2) is 15.5 Å². The minimum atomic E-state index is -3.59. The van der Waals surface area contributed by atoms with Crippen molar-refractivity contribution in [3.63, 3.8) is 0 Å². The third kappa shape index (κ3) is 3.92. The van der Waals surface area contributed by atoms with E-state index in [0.717, 1.165) is 22.3 Å². The molecule has 0 unspecified atom stereocenters. The zero-order chi connectivity index (χ0) is 17.2. The molecular formula is C18H23NO3S. The average molecular weight is 333 g/mol. The molecule has 23 heavy (non-hydrogen) atoms. The Morgan fingerprint density at radius 3 is 2.26 bits per heavy atom. The number of hydrogen-bond donors (Lipinski definition) is 1. The van der Waals surface area contributed by atoms with Gasteiger partial charge in [0.1, 0.15) is 5.75 Å². The van der Waals surface area contributed by atoms with E-state index in [4.69, 9.17) is 4.74 Å². The van der Waals surface area contributed by atoms with Crippen molar-refractivity contribution in [2.24, 2.45) is 0 Å². The van der Waals surface area contributed by atoms with E-state index < -0.39 is 10.0 Å². The molecule has 0 fully saturated rings. The van der Waals surface area contributed by atoms with Crippen LogP contribution in [0.2, 0.25) is 0 Å². The van der Waals surface area contributed by atoms with Gasteiger partial charge in [0, 0.05) is 6.04 Å². The summed E-state index contributed by atoms with van der Waals surface area (Å²) < 4.78 is 33.1. The quantitative estimate of drug-likeness (QED) is 0.908. The molecule has 5 heteroatoms. The van der Waals surface area contributed by atoms with Crippen molar-refractivity contribution in [1.82, 2.24) is 4.72 Å². The lowest BCUT2D eigenvalue weighted by Crippen LogP contribution is -2.27. The van der Waals surface area contributed by atoms with Crippen molar-refractivity contribution >= 4 is 10.0 Å². The summed E-state index contributed by atoms with van der Waals surface area (Å²) in [4.78, 5) is 0.243. The Morgan fingerprint density at radius 2 is 1.70 bits per heavy atom. The normalized spacial score (nSPS) is 12.9. The Kier molecular flexibility index (Phi) is 5.12. The van der Waals surface area contributed by atoms with Gasteiger partial charge < -0.3 is 4.74 Å². The van der Waals surface area contributed by atoms with Gasteiger partial charge in [-0.25, -0.2) is 13.1 Å².